The summed E-state index contributed by atoms with van der Waals surface area (Å²) >= 11 is 0. The van der Waals surface area contributed by atoms with E-state index in [1.807, 2.05) is 0 Å². The van der Waals surface area contributed by atoms with Crippen molar-refractivity contribution >= 4 is 5.91 Å². The Morgan fingerprint density at radius 1 is 1.23 bits per heavy atom. The number of halogens is 3. The van der Waals surface area contributed by atoms with Crippen LogP contribution in [0.5, 0.6) is 5.75 Å². The summed E-state index contributed by atoms with van der Waals surface area (Å²) in [6, 6.07) is 6.12. The number of carbonyl (C=O) groups is 1. The van der Waals surface area contributed by atoms with E-state index < -0.39 is 18.1 Å². The van der Waals surface area contributed by atoms with Crippen LogP contribution in [0.3, 0.4) is 0 Å². The lowest BCUT2D eigenvalue weighted by molar-refractivity contribution is -0.189. The molecule has 2 rings (SSSR count). The van der Waals surface area contributed by atoms with Gasteiger partial charge in [0, 0.05) is 6.04 Å². The van der Waals surface area contributed by atoms with Gasteiger partial charge in [0.1, 0.15) is 5.75 Å². The molecule has 1 amide bonds. The van der Waals surface area contributed by atoms with Gasteiger partial charge in [0.2, 0.25) is 5.91 Å². The number of rotatable bonds is 4. The summed E-state index contributed by atoms with van der Waals surface area (Å²) in [6.45, 7) is 0. The molecule has 1 aliphatic rings. The molecule has 0 unspecified atom stereocenters. The number of ether oxygens (including phenoxy) is 1. The monoisotopic (exact) mass is 315 g/mol. The van der Waals surface area contributed by atoms with Gasteiger partial charge in [-0.2, -0.15) is 13.2 Å². The standard InChI is InChI=1S/C16H20F3NO2/c1-22-12-8-6-11(7-9-12)10-15(21)20-14-5-3-2-4-13(14)16(17,18)19/h6-9,13-14H,2-5,10H2,1H3,(H,20,21)/t13-,14+/m0/s1. The van der Waals surface area contributed by atoms with Gasteiger partial charge in [-0.3, -0.25) is 4.79 Å². The Balaban J connectivity index is 1.94. The zero-order chi connectivity index (χ0) is 16.2. The first-order valence-electron chi connectivity index (χ1n) is 7.39. The molecule has 0 bridgehead atoms. The lowest BCUT2D eigenvalue weighted by Gasteiger charge is -2.33. The first kappa shape index (κ1) is 16.6. The summed E-state index contributed by atoms with van der Waals surface area (Å²) in [5.41, 5.74) is 0.748. The van der Waals surface area contributed by atoms with Crippen molar-refractivity contribution in [3.05, 3.63) is 29.8 Å². The van der Waals surface area contributed by atoms with E-state index >= 15 is 0 Å². The number of methoxy groups -OCH3 is 1. The molecular formula is C16H20F3NO2. The average Bonchev–Trinajstić information content (AvgIpc) is 2.47. The van der Waals surface area contributed by atoms with E-state index in [0.29, 0.717) is 18.6 Å². The Bertz CT molecular complexity index is 499. The second-order valence-corrected chi connectivity index (χ2v) is 5.63. The van der Waals surface area contributed by atoms with E-state index in [1.165, 1.54) is 0 Å². The molecule has 0 heterocycles. The molecule has 2 atom stereocenters. The molecule has 1 aromatic rings. The molecule has 0 aliphatic heterocycles. The van der Waals surface area contributed by atoms with Gasteiger partial charge in [-0.05, 0) is 30.5 Å². The van der Waals surface area contributed by atoms with Crippen LogP contribution in [0.2, 0.25) is 0 Å². The zero-order valence-electron chi connectivity index (χ0n) is 12.5. The normalized spacial score (nSPS) is 22.2. The molecule has 1 fully saturated rings. The third kappa shape index (κ3) is 4.39. The van der Waals surface area contributed by atoms with E-state index in [9.17, 15) is 18.0 Å². The lowest BCUT2D eigenvalue weighted by Crippen LogP contribution is -2.48. The highest BCUT2D eigenvalue weighted by atomic mass is 19.4. The molecule has 1 N–H and O–H groups in total. The van der Waals surface area contributed by atoms with E-state index in [2.05, 4.69) is 5.32 Å². The largest absolute Gasteiger partial charge is 0.497 e. The second-order valence-electron chi connectivity index (χ2n) is 5.63. The molecular weight excluding hydrogens is 295 g/mol. The van der Waals surface area contributed by atoms with Crippen molar-refractivity contribution in [3.8, 4) is 5.75 Å². The van der Waals surface area contributed by atoms with Crippen LogP contribution in [-0.2, 0) is 11.2 Å². The maximum Gasteiger partial charge on any atom is 0.393 e. The van der Waals surface area contributed by atoms with Crippen LogP contribution < -0.4 is 10.1 Å². The van der Waals surface area contributed by atoms with Crippen LogP contribution in [0.1, 0.15) is 31.2 Å². The number of carbonyl (C=O) groups excluding carboxylic acids is 1. The fourth-order valence-corrected chi connectivity index (χ4v) is 2.88. The van der Waals surface area contributed by atoms with Gasteiger partial charge in [0.15, 0.2) is 0 Å². The summed E-state index contributed by atoms with van der Waals surface area (Å²) in [5.74, 6) is -1.12. The highest BCUT2D eigenvalue weighted by Gasteiger charge is 2.45. The van der Waals surface area contributed by atoms with Crippen molar-refractivity contribution < 1.29 is 22.7 Å². The van der Waals surface area contributed by atoms with Gasteiger partial charge in [0.25, 0.3) is 0 Å². The van der Waals surface area contributed by atoms with E-state index in [1.54, 1.807) is 31.4 Å². The van der Waals surface area contributed by atoms with Crippen molar-refractivity contribution in [3.63, 3.8) is 0 Å². The van der Waals surface area contributed by atoms with Gasteiger partial charge in [0.05, 0.1) is 19.4 Å². The minimum absolute atomic E-state index is 0.0745. The van der Waals surface area contributed by atoms with Crippen LogP contribution in [0, 0.1) is 5.92 Å². The summed E-state index contributed by atoms with van der Waals surface area (Å²) in [7, 11) is 1.54. The predicted molar refractivity (Wildman–Crippen MR) is 76.6 cm³/mol. The van der Waals surface area contributed by atoms with Gasteiger partial charge in [-0.15, -0.1) is 0 Å². The maximum atomic E-state index is 13.0. The first-order chi connectivity index (χ1) is 10.4. The Hall–Kier alpha value is -1.72. The summed E-state index contributed by atoms with van der Waals surface area (Å²) in [6.07, 6.45) is -2.41. The zero-order valence-corrected chi connectivity index (χ0v) is 12.5. The van der Waals surface area contributed by atoms with Crippen molar-refractivity contribution in [2.24, 2.45) is 5.92 Å². The highest BCUT2D eigenvalue weighted by Crippen LogP contribution is 2.37. The quantitative estimate of drug-likeness (QED) is 0.924. The third-order valence-electron chi connectivity index (χ3n) is 4.06. The Morgan fingerprint density at radius 3 is 2.45 bits per heavy atom. The molecule has 0 saturated heterocycles. The molecule has 1 aromatic carbocycles. The summed E-state index contributed by atoms with van der Waals surface area (Å²) in [5, 5.41) is 2.56. The van der Waals surface area contributed by atoms with Crippen molar-refractivity contribution in [2.45, 2.75) is 44.3 Å². The van der Waals surface area contributed by atoms with Crippen LogP contribution in [0.4, 0.5) is 13.2 Å². The van der Waals surface area contributed by atoms with E-state index in [4.69, 9.17) is 4.74 Å². The molecule has 0 radical (unpaired) electrons. The van der Waals surface area contributed by atoms with Crippen molar-refractivity contribution in [2.75, 3.05) is 7.11 Å². The topological polar surface area (TPSA) is 38.3 Å². The van der Waals surface area contributed by atoms with Crippen LogP contribution >= 0.6 is 0 Å². The fraction of sp³-hybridized carbons (Fsp3) is 0.562. The fourth-order valence-electron chi connectivity index (χ4n) is 2.88. The van der Waals surface area contributed by atoms with Gasteiger partial charge < -0.3 is 10.1 Å². The first-order valence-corrected chi connectivity index (χ1v) is 7.39. The Kier molecular flexibility index (Phi) is 5.32. The minimum atomic E-state index is -4.25. The molecule has 1 aliphatic carbocycles. The number of benzene rings is 1. The second kappa shape index (κ2) is 7.03. The van der Waals surface area contributed by atoms with Crippen LogP contribution in [0.25, 0.3) is 0 Å². The highest BCUT2D eigenvalue weighted by molar-refractivity contribution is 5.79. The third-order valence-corrected chi connectivity index (χ3v) is 4.06. The molecule has 1 saturated carbocycles. The molecule has 122 valence electrons. The number of amides is 1. The van der Waals surface area contributed by atoms with E-state index in [0.717, 1.165) is 12.0 Å². The van der Waals surface area contributed by atoms with Gasteiger partial charge in [-0.25, -0.2) is 0 Å². The van der Waals surface area contributed by atoms with E-state index in [-0.39, 0.29) is 18.7 Å². The molecule has 22 heavy (non-hydrogen) atoms. The minimum Gasteiger partial charge on any atom is -0.497 e. The molecule has 0 aromatic heterocycles. The Labute approximate surface area is 127 Å². The maximum absolute atomic E-state index is 13.0. The summed E-state index contributed by atoms with van der Waals surface area (Å²) < 4.78 is 44.0. The van der Waals surface area contributed by atoms with Gasteiger partial charge in [-0.1, -0.05) is 25.0 Å². The van der Waals surface area contributed by atoms with Crippen LogP contribution in [-0.4, -0.2) is 25.2 Å². The number of hydrogen-bond acceptors (Lipinski definition) is 2. The SMILES string of the molecule is COc1ccc(CC(=O)N[C@@H]2CCCC[C@@H]2C(F)(F)F)cc1. The lowest BCUT2D eigenvalue weighted by atomic mass is 9.84. The smallest absolute Gasteiger partial charge is 0.393 e. The van der Waals surface area contributed by atoms with Crippen LogP contribution in [0.15, 0.2) is 24.3 Å². The number of alkyl halides is 3. The predicted octanol–water partition coefficient (Wildman–Crippen LogP) is 3.48. The molecule has 0 spiro atoms. The van der Waals surface area contributed by atoms with Crippen molar-refractivity contribution in [1.29, 1.82) is 0 Å². The molecule has 6 heteroatoms. The Morgan fingerprint density at radius 2 is 1.86 bits per heavy atom. The molecule has 3 nitrogen and oxygen atoms in total. The van der Waals surface area contributed by atoms with Crippen molar-refractivity contribution in [1.82, 2.24) is 5.32 Å². The average molecular weight is 315 g/mol. The number of nitrogens with one attached hydrogen (secondary N) is 1. The van der Waals surface area contributed by atoms with Gasteiger partial charge >= 0.3 is 6.18 Å². The number of hydrogen-bond donors (Lipinski definition) is 1. The summed E-state index contributed by atoms with van der Waals surface area (Å²) in [4.78, 5) is 12.0.